The SMILES string of the molecule is CCCCCC1CCCN1C(=O)OC(C)(C)C.Nc1ccc(Br)cc1N. The van der Waals surface area contributed by atoms with Crippen LogP contribution in [0.3, 0.4) is 0 Å². The van der Waals surface area contributed by atoms with Crippen molar-refractivity contribution in [2.24, 2.45) is 0 Å². The van der Waals surface area contributed by atoms with Crippen LogP contribution in [0.25, 0.3) is 0 Å². The van der Waals surface area contributed by atoms with E-state index >= 15 is 0 Å². The number of likely N-dealkylation sites (tertiary alicyclic amines) is 1. The van der Waals surface area contributed by atoms with Gasteiger partial charge in [-0.25, -0.2) is 4.79 Å². The van der Waals surface area contributed by atoms with E-state index in [4.69, 9.17) is 16.2 Å². The molecule has 1 aliphatic heterocycles. The van der Waals surface area contributed by atoms with E-state index in [1.54, 1.807) is 12.1 Å². The minimum atomic E-state index is -0.381. The Labute approximate surface area is 166 Å². The normalized spacial score (nSPS) is 16.8. The number of anilines is 2. The minimum Gasteiger partial charge on any atom is -0.444 e. The van der Waals surface area contributed by atoms with Crippen molar-refractivity contribution in [3.8, 4) is 0 Å². The van der Waals surface area contributed by atoms with E-state index in [0.29, 0.717) is 17.4 Å². The number of carbonyl (C=O) groups excluding carboxylic acids is 1. The molecule has 1 heterocycles. The molecule has 0 radical (unpaired) electrons. The van der Waals surface area contributed by atoms with Gasteiger partial charge in [-0.2, -0.15) is 0 Å². The highest BCUT2D eigenvalue weighted by atomic mass is 79.9. The third-order valence-electron chi connectivity index (χ3n) is 4.19. The molecule has 0 bridgehead atoms. The van der Waals surface area contributed by atoms with Gasteiger partial charge in [0.15, 0.2) is 0 Å². The Morgan fingerprint density at radius 2 is 1.96 bits per heavy atom. The molecule has 0 spiro atoms. The topological polar surface area (TPSA) is 81.6 Å². The van der Waals surface area contributed by atoms with Crippen LogP contribution in [0.5, 0.6) is 0 Å². The van der Waals surface area contributed by atoms with Crippen molar-refractivity contribution < 1.29 is 9.53 Å². The van der Waals surface area contributed by atoms with Crippen LogP contribution in [0.1, 0.15) is 66.2 Å². The fraction of sp³-hybridized carbons (Fsp3) is 0.650. The monoisotopic (exact) mass is 427 g/mol. The Morgan fingerprint density at radius 1 is 1.27 bits per heavy atom. The van der Waals surface area contributed by atoms with Crippen molar-refractivity contribution in [2.75, 3.05) is 18.0 Å². The summed E-state index contributed by atoms with van der Waals surface area (Å²) in [4.78, 5) is 13.9. The van der Waals surface area contributed by atoms with Gasteiger partial charge < -0.3 is 21.1 Å². The van der Waals surface area contributed by atoms with Crippen molar-refractivity contribution in [3.05, 3.63) is 22.7 Å². The Balaban J connectivity index is 0.000000314. The number of ether oxygens (including phenoxy) is 1. The fourth-order valence-corrected chi connectivity index (χ4v) is 3.25. The predicted octanol–water partition coefficient (Wildman–Crippen LogP) is 5.58. The largest absolute Gasteiger partial charge is 0.444 e. The van der Waals surface area contributed by atoms with Gasteiger partial charge in [0, 0.05) is 17.1 Å². The van der Waals surface area contributed by atoms with Crippen LogP contribution in [0.2, 0.25) is 0 Å². The standard InChI is InChI=1S/C14H27NO2.C6H7BrN2/c1-5-6-7-9-12-10-8-11-15(12)13(16)17-14(2,3)4;7-4-1-2-5(8)6(9)3-4/h12H,5-11H2,1-4H3;1-3H,8-9H2. The summed E-state index contributed by atoms with van der Waals surface area (Å²) in [5, 5.41) is 0. The van der Waals surface area contributed by atoms with Gasteiger partial charge in [0.2, 0.25) is 0 Å². The average molecular weight is 428 g/mol. The molecule has 1 amide bonds. The van der Waals surface area contributed by atoms with Gasteiger partial charge in [-0.05, 0) is 58.2 Å². The predicted molar refractivity (Wildman–Crippen MR) is 113 cm³/mol. The van der Waals surface area contributed by atoms with Crippen LogP contribution in [0.4, 0.5) is 16.2 Å². The van der Waals surface area contributed by atoms with Gasteiger partial charge in [0.05, 0.1) is 11.4 Å². The number of nitrogens with two attached hydrogens (primary N) is 2. The average Bonchev–Trinajstić information content (AvgIpc) is 2.99. The lowest BCUT2D eigenvalue weighted by molar-refractivity contribution is 0.0219. The molecular formula is C20H34BrN3O2. The lowest BCUT2D eigenvalue weighted by Gasteiger charge is -2.28. The molecular weight excluding hydrogens is 394 g/mol. The fourth-order valence-electron chi connectivity index (χ4n) is 2.87. The lowest BCUT2D eigenvalue weighted by Crippen LogP contribution is -2.39. The zero-order valence-corrected chi connectivity index (χ0v) is 18.1. The van der Waals surface area contributed by atoms with E-state index in [1.807, 2.05) is 31.7 Å². The summed E-state index contributed by atoms with van der Waals surface area (Å²) in [6, 6.07) is 5.80. The highest BCUT2D eigenvalue weighted by Crippen LogP contribution is 2.24. The summed E-state index contributed by atoms with van der Waals surface area (Å²) in [6.07, 6.45) is 6.99. The Kier molecular flexibility index (Phi) is 9.27. The van der Waals surface area contributed by atoms with Crippen molar-refractivity contribution in [3.63, 3.8) is 0 Å². The zero-order valence-electron chi connectivity index (χ0n) is 16.6. The zero-order chi connectivity index (χ0) is 19.7. The quantitative estimate of drug-likeness (QED) is 0.485. The van der Waals surface area contributed by atoms with Crippen molar-refractivity contribution in [2.45, 2.75) is 77.9 Å². The molecule has 148 valence electrons. The number of carbonyl (C=O) groups is 1. The van der Waals surface area contributed by atoms with Crippen molar-refractivity contribution in [1.29, 1.82) is 0 Å². The summed E-state index contributed by atoms with van der Waals surface area (Å²) < 4.78 is 6.40. The number of halogens is 1. The molecule has 1 atom stereocenters. The highest BCUT2D eigenvalue weighted by Gasteiger charge is 2.31. The number of hydrogen-bond acceptors (Lipinski definition) is 4. The van der Waals surface area contributed by atoms with E-state index in [0.717, 1.165) is 30.3 Å². The molecule has 1 fully saturated rings. The first-order valence-electron chi connectivity index (χ1n) is 9.44. The molecule has 1 aromatic rings. The van der Waals surface area contributed by atoms with Crippen LogP contribution in [0, 0.1) is 0 Å². The molecule has 1 saturated heterocycles. The van der Waals surface area contributed by atoms with Gasteiger partial charge >= 0.3 is 6.09 Å². The van der Waals surface area contributed by atoms with E-state index < -0.39 is 0 Å². The maximum absolute atomic E-state index is 12.0. The number of hydrogen-bond donors (Lipinski definition) is 2. The summed E-state index contributed by atoms with van der Waals surface area (Å²) in [5.41, 5.74) is 11.8. The molecule has 0 saturated carbocycles. The summed E-state index contributed by atoms with van der Waals surface area (Å²) in [6.45, 7) is 8.85. The smallest absolute Gasteiger partial charge is 0.410 e. The molecule has 1 aromatic carbocycles. The molecule has 0 aromatic heterocycles. The summed E-state index contributed by atoms with van der Waals surface area (Å²) >= 11 is 3.26. The number of rotatable bonds is 4. The molecule has 6 heteroatoms. The highest BCUT2D eigenvalue weighted by molar-refractivity contribution is 9.10. The van der Waals surface area contributed by atoms with Gasteiger partial charge in [-0.15, -0.1) is 0 Å². The van der Waals surface area contributed by atoms with Crippen molar-refractivity contribution in [1.82, 2.24) is 4.90 Å². The Morgan fingerprint density at radius 3 is 2.50 bits per heavy atom. The molecule has 2 rings (SSSR count). The maximum atomic E-state index is 12.0. The number of nitrogen functional groups attached to an aromatic ring is 2. The van der Waals surface area contributed by atoms with Crippen LogP contribution in [-0.4, -0.2) is 29.2 Å². The summed E-state index contributed by atoms with van der Waals surface area (Å²) in [7, 11) is 0. The minimum absolute atomic E-state index is 0.128. The molecule has 4 N–H and O–H groups in total. The van der Waals surface area contributed by atoms with Gasteiger partial charge in [-0.3, -0.25) is 0 Å². The second-order valence-corrected chi connectivity index (χ2v) is 8.65. The van der Waals surface area contributed by atoms with E-state index in [-0.39, 0.29) is 11.7 Å². The van der Waals surface area contributed by atoms with E-state index in [1.165, 1.54) is 19.3 Å². The summed E-state index contributed by atoms with van der Waals surface area (Å²) in [5.74, 6) is 0. The first-order valence-corrected chi connectivity index (χ1v) is 10.2. The molecule has 1 unspecified atom stereocenters. The Hall–Kier alpha value is -1.43. The first kappa shape index (κ1) is 22.6. The van der Waals surface area contributed by atoms with Crippen LogP contribution < -0.4 is 11.5 Å². The number of amides is 1. The van der Waals surface area contributed by atoms with Crippen molar-refractivity contribution >= 4 is 33.4 Å². The van der Waals surface area contributed by atoms with Crippen LogP contribution in [0.15, 0.2) is 22.7 Å². The van der Waals surface area contributed by atoms with E-state index in [9.17, 15) is 4.79 Å². The maximum Gasteiger partial charge on any atom is 0.410 e. The second-order valence-electron chi connectivity index (χ2n) is 7.74. The van der Waals surface area contributed by atoms with Gasteiger partial charge in [0.25, 0.3) is 0 Å². The third kappa shape index (κ3) is 8.30. The molecule has 1 aliphatic rings. The number of benzene rings is 1. The third-order valence-corrected chi connectivity index (χ3v) is 4.69. The Bertz CT molecular complexity index is 573. The number of nitrogens with zero attached hydrogens (tertiary/aromatic N) is 1. The lowest BCUT2D eigenvalue weighted by atomic mass is 10.1. The van der Waals surface area contributed by atoms with Gasteiger partial charge in [0.1, 0.15) is 5.60 Å². The first-order chi connectivity index (χ1) is 12.1. The van der Waals surface area contributed by atoms with Crippen LogP contribution >= 0.6 is 15.9 Å². The molecule has 5 nitrogen and oxygen atoms in total. The van der Waals surface area contributed by atoms with Crippen LogP contribution in [-0.2, 0) is 4.74 Å². The molecule has 0 aliphatic carbocycles. The number of unbranched alkanes of at least 4 members (excludes halogenated alkanes) is 2. The second kappa shape index (κ2) is 10.7. The molecule has 26 heavy (non-hydrogen) atoms. The van der Waals surface area contributed by atoms with Gasteiger partial charge in [-0.1, -0.05) is 42.1 Å². The van der Waals surface area contributed by atoms with E-state index in [2.05, 4.69) is 22.9 Å².